The standard InChI is InChI=1S/C13H23NO4/c1-12(2,3)18-11(16)14-9-13(10(14)8-15)4-6-17-7-5-13/h10,15H,4-9H2,1-3H3. The summed E-state index contributed by atoms with van der Waals surface area (Å²) in [4.78, 5) is 13.6. The van der Waals surface area contributed by atoms with E-state index >= 15 is 0 Å². The number of carbonyl (C=O) groups excluding carboxylic acids is 1. The summed E-state index contributed by atoms with van der Waals surface area (Å²) in [7, 11) is 0. The Morgan fingerprint density at radius 3 is 2.56 bits per heavy atom. The number of rotatable bonds is 1. The van der Waals surface area contributed by atoms with Crippen LogP contribution in [0.4, 0.5) is 4.79 Å². The van der Waals surface area contributed by atoms with Crippen LogP contribution >= 0.6 is 0 Å². The number of hydrogen-bond donors (Lipinski definition) is 1. The van der Waals surface area contributed by atoms with Gasteiger partial charge in [-0.15, -0.1) is 0 Å². The Morgan fingerprint density at radius 2 is 2.06 bits per heavy atom. The smallest absolute Gasteiger partial charge is 0.410 e. The zero-order valence-corrected chi connectivity index (χ0v) is 11.4. The molecule has 2 heterocycles. The van der Waals surface area contributed by atoms with Gasteiger partial charge in [0.25, 0.3) is 0 Å². The summed E-state index contributed by atoms with van der Waals surface area (Å²) in [5.41, 5.74) is -0.445. The second-order valence-corrected chi connectivity index (χ2v) is 6.28. The van der Waals surface area contributed by atoms with E-state index in [0.29, 0.717) is 6.54 Å². The number of amides is 1. The van der Waals surface area contributed by atoms with Gasteiger partial charge in [0.1, 0.15) is 5.60 Å². The molecule has 2 saturated heterocycles. The monoisotopic (exact) mass is 257 g/mol. The van der Waals surface area contributed by atoms with Gasteiger partial charge in [-0.05, 0) is 33.6 Å². The van der Waals surface area contributed by atoms with Crippen molar-refractivity contribution in [2.75, 3.05) is 26.4 Å². The molecule has 0 radical (unpaired) electrons. The summed E-state index contributed by atoms with van der Waals surface area (Å²) >= 11 is 0. The van der Waals surface area contributed by atoms with Crippen LogP contribution in [-0.4, -0.2) is 54.1 Å². The molecule has 1 N–H and O–H groups in total. The van der Waals surface area contributed by atoms with Crippen LogP contribution in [-0.2, 0) is 9.47 Å². The van der Waals surface area contributed by atoms with Crippen LogP contribution in [0.2, 0.25) is 0 Å². The Morgan fingerprint density at radius 1 is 1.44 bits per heavy atom. The van der Waals surface area contributed by atoms with E-state index in [9.17, 15) is 9.90 Å². The minimum atomic E-state index is -0.491. The third-order valence-corrected chi connectivity index (χ3v) is 3.86. The number of hydrogen-bond acceptors (Lipinski definition) is 4. The molecule has 1 spiro atoms. The zero-order valence-electron chi connectivity index (χ0n) is 11.4. The molecule has 1 amide bonds. The molecule has 104 valence electrons. The third-order valence-electron chi connectivity index (χ3n) is 3.86. The minimum Gasteiger partial charge on any atom is -0.444 e. The average Bonchev–Trinajstić information content (AvgIpc) is 2.25. The molecule has 1 atom stereocenters. The molecule has 0 aromatic heterocycles. The maximum atomic E-state index is 12.0. The van der Waals surface area contributed by atoms with Crippen molar-refractivity contribution in [1.29, 1.82) is 0 Å². The van der Waals surface area contributed by atoms with Gasteiger partial charge in [-0.3, -0.25) is 0 Å². The van der Waals surface area contributed by atoms with E-state index in [0.717, 1.165) is 26.1 Å². The van der Waals surface area contributed by atoms with Crippen molar-refractivity contribution in [1.82, 2.24) is 4.90 Å². The molecule has 2 aliphatic rings. The second kappa shape index (κ2) is 4.70. The van der Waals surface area contributed by atoms with Crippen LogP contribution in [0.3, 0.4) is 0 Å². The SMILES string of the molecule is CC(C)(C)OC(=O)N1CC2(CCOCC2)C1CO. The van der Waals surface area contributed by atoms with E-state index in [-0.39, 0.29) is 24.2 Å². The maximum Gasteiger partial charge on any atom is 0.410 e. The van der Waals surface area contributed by atoms with Gasteiger partial charge in [0, 0.05) is 25.2 Å². The van der Waals surface area contributed by atoms with Gasteiger partial charge in [-0.2, -0.15) is 0 Å². The van der Waals surface area contributed by atoms with Gasteiger partial charge in [-0.1, -0.05) is 0 Å². The van der Waals surface area contributed by atoms with Gasteiger partial charge >= 0.3 is 6.09 Å². The lowest BCUT2D eigenvalue weighted by Crippen LogP contribution is -2.69. The number of aliphatic hydroxyl groups excluding tert-OH is 1. The lowest BCUT2D eigenvalue weighted by atomic mass is 9.67. The van der Waals surface area contributed by atoms with Crippen molar-refractivity contribution in [2.24, 2.45) is 5.41 Å². The Labute approximate surface area is 108 Å². The minimum absolute atomic E-state index is 0.000751. The van der Waals surface area contributed by atoms with Gasteiger partial charge in [0.05, 0.1) is 12.6 Å². The first-order valence-corrected chi connectivity index (χ1v) is 6.56. The lowest BCUT2D eigenvalue weighted by Gasteiger charge is -2.58. The van der Waals surface area contributed by atoms with Gasteiger partial charge in [0.15, 0.2) is 0 Å². The molecule has 5 nitrogen and oxygen atoms in total. The van der Waals surface area contributed by atoms with Crippen LogP contribution in [0.1, 0.15) is 33.6 Å². The third kappa shape index (κ3) is 2.47. The molecule has 0 aliphatic carbocycles. The molecule has 0 bridgehead atoms. The van der Waals surface area contributed by atoms with Crippen molar-refractivity contribution < 1.29 is 19.4 Å². The molecular formula is C13H23NO4. The van der Waals surface area contributed by atoms with E-state index in [1.165, 1.54) is 0 Å². The highest BCUT2D eigenvalue weighted by Crippen LogP contribution is 2.46. The maximum absolute atomic E-state index is 12.0. The quantitative estimate of drug-likeness (QED) is 0.771. The van der Waals surface area contributed by atoms with E-state index in [4.69, 9.17) is 9.47 Å². The second-order valence-electron chi connectivity index (χ2n) is 6.28. The number of aliphatic hydroxyl groups is 1. The topological polar surface area (TPSA) is 59.0 Å². The van der Waals surface area contributed by atoms with E-state index < -0.39 is 5.60 Å². The Hall–Kier alpha value is -0.810. The summed E-state index contributed by atoms with van der Waals surface area (Å²) in [5.74, 6) is 0. The van der Waals surface area contributed by atoms with Crippen molar-refractivity contribution >= 4 is 6.09 Å². The van der Waals surface area contributed by atoms with Crippen LogP contribution in [0.25, 0.3) is 0 Å². The predicted octanol–water partition coefficient (Wildman–Crippen LogP) is 1.39. The Balaban J connectivity index is 1.98. The predicted molar refractivity (Wildman–Crippen MR) is 66.3 cm³/mol. The van der Waals surface area contributed by atoms with Crippen LogP contribution in [0.5, 0.6) is 0 Å². The summed E-state index contributed by atoms with van der Waals surface area (Å²) in [6, 6.07) is -0.115. The molecule has 18 heavy (non-hydrogen) atoms. The molecule has 2 fully saturated rings. The molecule has 2 rings (SSSR count). The molecule has 5 heteroatoms. The van der Waals surface area contributed by atoms with Crippen molar-refractivity contribution in [3.05, 3.63) is 0 Å². The number of ether oxygens (including phenoxy) is 2. The fourth-order valence-electron chi connectivity index (χ4n) is 2.85. The van der Waals surface area contributed by atoms with Gasteiger partial charge in [0.2, 0.25) is 0 Å². The first-order chi connectivity index (χ1) is 8.38. The largest absolute Gasteiger partial charge is 0.444 e. The van der Waals surface area contributed by atoms with Crippen LogP contribution in [0.15, 0.2) is 0 Å². The average molecular weight is 257 g/mol. The first-order valence-electron chi connectivity index (χ1n) is 6.56. The lowest BCUT2D eigenvalue weighted by molar-refractivity contribution is -0.140. The van der Waals surface area contributed by atoms with Crippen molar-refractivity contribution in [2.45, 2.75) is 45.3 Å². The normalized spacial score (nSPS) is 26.9. The Bertz CT molecular complexity index is 317. The number of carbonyl (C=O) groups is 1. The number of likely N-dealkylation sites (tertiary alicyclic amines) is 1. The summed E-state index contributed by atoms with van der Waals surface area (Å²) in [6.45, 7) is 7.67. The highest BCUT2D eigenvalue weighted by Gasteiger charge is 2.55. The molecule has 1 unspecified atom stereocenters. The highest BCUT2D eigenvalue weighted by molar-refractivity contribution is 5.70. The van der Waals surface area contributed by atoms with E-state index in [2.05, 4.69) is 0 Å². The fourth-order valence-corrected chi connectivity index (χ4v) is 2.85. The molecule has 0 saturated carbocycles. The van der Waals surface area contributed by atoms with Gasteiger partial charge < -0.3 is 19.5 Å². The van der Waals surface area contributed by atoms with Crippen molar-refractivity contribution in [3.8, 4) is 0 Å². The van der Waals surface area contributed by atoms with Gasteiger partial charge in [-0.25, -0.2) is 4.79 Å². The molecular weight excluding hydrogens is 234 g/mol. The van der Waals surface area contributed by atoms with E-state index in [1.54, 1.807) is 4.90 Å². The number of nitrogens with zero attached hydrogens (tertiary/aromatic N) is 1. The van der Waals surface area contributed by atoms with Crippen molar-refractivity contribution in [3.63, 3.8) is 0 Å². The van der Waals surface area contributed by atoms with Crippen LogP contribution in [0, 0.1) is 5.41 Å². The first kappa shape index (κ1) is 13.6. The zero-order chi connectivity index (χ0) is 13.4. The van der Waals surface area contributed by atoms with E-state index in [1.807, 2.05) is 20.8 Å². The highest BCUT2D eigenvalue weighted by atomic mass is 16.6. The summed E-state index contributed by atoms with van der Waals surface area (Å²) < 4.78 is 10.7. The molecule has 0 aromatic rings. The fraction of sp³-hybridized carbons (Fsp3) is 0.923. The summed E-state index contributed by atoms with van der Waals surface area (Å²) in [5, 5.41) is 9.53. The summed E-state index contributed by atoms with van der Waals surface area (Å²) in [6.07, 6.45) is 1.51. The molecule has 2 aliphatic heterocycles. The van der Waals surface area contributed by atoms with Crippen LogP contribution < -0.4 is 0 Å². The molecule has 0 aromatic carbocycles. The Kier molecular flexibility index (Phi) is 3.56.